The highest BCUT2D eigenvalue weighted by atomic mass is 16.3. The molecule has 2 aliphatic carbocycles. The smallest absolute Gasteiger partial charge is 0.224 e. The average molecular weight is 412 g/mol. The number of hydrogen-bond donors (Lipinski definition) is 3. The summed E-state index contributed by atoms with van der Waals surface area (Å²) in [6.45, 7) is 3.65. The summed E-state index contributed by atoms with van der Waals surface area (Å²) in [5.74, 6) is 1.45. The van der Waals surface area contributed by atoms with Crippen LogP contribution in [0.1, 0.15) is 58.3 Å². The number of hydrogen-bond acceptors (Lipinski definition) is 5. The number of nitrogens with zero attached hydrogens (tertiary/aromatic N) is 3. The fourth-order valence-electron chi connectivity index (χ4n) is 5.82. The summed E-state index contributed by atoms with van der Waals surface area (Å²) in [6.07, 6.45) is 11.9. The van der Waals surface area contributed by atoms with E-state index in [1.54, 1.807) is 6.33 Å². The van der Waals surface area contributed by atoms with Crippen molar-refractivity contribution in [3.8, 4) is 0 Å². The third-order valence-corrected chi connectivity index (χ3v) is 7.79. The number of aromatic amines is 1. The maximum Gasteiger partial charge on any atom is 0.224 e. The van der Waals surface area contributed by atoms with E-state index in [4.69, 9.17) is 0 Å². The topological polar surface area (TPSA) is 94.1 Å². The number of carbonyl (C=O) groups is 1. The van der Waals surface area contributed by atoms with Crippen LogP contribution in [0.15, 0.2) is 18.6 Å². The molecule has 1 spiro atoms. The van der Waals surface area contributed by atoms with Crippen LogP contribution in [0.3, 0.4) is 0 Å². The first kappa shape index (κ1) is 19.8. The zero-order valence-corrected chi connectivity index (χ0v) is 17.8. The van der Waals surface area contributed by atoms with E-state index in [9.17, 15) is 9.90 Å². The number of aliphatic hydroxyl groups is 1. The number of H-pyrrole nitrogens is 1. The molecule has 7 heteroatoms. The SMILES string of the molecule is C[C@H](NC(=O)C1CCN(c2ncnc3[nH]ccc23)CC12CC2)[C@@H](O)C1CCCCC1. The van der Waals surface area contributed by atoms with Gasteiger partial charge in [0.05, 0.1) is 17.5 Å². The fourth-order valence-corrected chi connectivity index (χ4v) is 5.82. The van der Waals surface area contributed by atoms with Gasteiger partial charge in [-0.05, 0) is 56.4 Å². The normalized spacial score (nSPS) is 25.9. The largest absolute Gasteiger partial charge is 0.391 e. The summed E-state index contributed by atoms with van der Waals surface area (Å²) in [7, 11) is 0. The van der Waals surface area contributed by atoms with Crippen molar-refractivity contribution in [3.05, 3.63) is 18.6 Å². The molecule has 3 fully saturated rings. The van der Waals surface area contributed by atoms with E-state index in [-0.39, 0.29) is 23.3 Å². The van der Waals surface area contributed by atoms with Gasteiger partial charge in [0.15, 0.2) is 0 Å². The molecule has 162 valence electrons. The van der Waals surface area contributed by atoms with Crippen molar-refractivity contribution in [2.75, 3.05) is 18.0 Å². The predicted molar refractivity (Wildman–Crippen MR) is 116 cm³/mol. The summed E-state index contributed by atoms with van der Waals surface area (Å²) in [5.41, 5.74) is 0.904. The van der Waals surface area contributed by atoms with Gasteiger partial charge < -0.3 is 20.3 Å². The first-order valence-electron chi connectivity index (χ1n) is 11.6. The molecule has 1 unspecified atom stereocenters. The molecular weight excluding hydrogens is 378 g/mol. The van der Waals surface area contributed by atoms with E-state index >= 15 is 0 Å². The van der Waals surface area contributed by atoms with Crippen molar-refractivity contribution >= 4 is 22.8 Å². The Bertz CT molecular complexity index is 902. The molecular formula is C23H33N5O2. The number of anilines is 1. The number of aliphatic hydroxyl groups excluding tert-OH is 1. The van der Waals surface area contributed by atoms with Gasteiger partial charge in [0, 0.05) is 25.2 Å². The Kier molecular flexibility index (Phi) is 5.17. The molecule has 1 saturated heterocycles. The molecule has 2 aromatic rings. The van der Waals surface area contributed by atoms with Gasteiger partial charge in [0.2, 0.25) is 5.91 Å². The highest BCUT2D eigenvalue weighted by molar-refractivity contribution is 5.87. The maximum absolute atomic E-state index is 13.2. The van der Waals surface area contributed by atoms with E-state index in [2.05, 4.69) is 25.2 Å². The molecule has 0 radical (unpaired) electrons. The summed E-state index contributed by atoms with van der Waals surface area (Å²) in [6, 6.07) is 1.84. The Hall–Kier alpha value is -2.15. The Morgan fingerprint density at radius 2 is 2.07 bits per heavy atom. The second kappa shape index (κ2) is 7.84. The molecule has 3 atom stereocenters. The average Bonchev–Trinajstić information content (AvgIpc) is 3.34. The monoisotopic (exact) mass is 411 g/mol. The molecule has 3 N–H and O–H groups in total. The van der Waals surface area contributed by atoms with Crippen molar-refractivity contribution in [1.82, 2.24) is 20.3 Å². The van der Waals surface area contributed by atoms with E-state index in [1.807, 2.05) is 19.2 Å². The summed E-state index contributed by atoms with van der Waals surface area (Å²) < 4.78 is 0. The Labute approximate surface area is 177 Å². The second-order valence-corrected chi connectivity index (χ2v) is 9.75. The molecule has 0 bridgehead atoms. The molecule has 0 aromatic carbocycles. The third-order valence-electron chi connectivity index (χ3n) is 7.79. The van der Waals surface area contributed by atoms with Gasteiger partial charge in [-0.2, -0.15) is 0 Å². The van der Waals surface area contributed by atoms with Gasteiger partial charge in [-0.15, -0.1) is 0 Å². The van der Waals surface area contributed by atoms with Crippen molar-refractivity contribution in [3.63, 3.8) is 0 Å². The van der Waals surface area contributed by atoms with Crippen molar-refractivity contribution < 1.29 is 9.90 Å². The van der Waals surface area contributed by atoms with Crippen LogP contribution in [0.4, 0.5) is 5.82 Å². The number of rotatable bonds is 5. The maximum atomic E-state index is 13.2. The minimum atomic E-state index is -0.438. The van der Waals surface area contributed by atoms with Gasteiger partial charge in [0.25, 0.3) is 0 Å². The molecule has 1 amide bonds. The highest BCUT2D eigenvalue weighted by Crippen LogP contribution is 2.56. The molecule has 30 heavy (non-hydrogen) atoms. The summed E-state index contributed by atoms with van der Waals surface area (Å²) >= 11 is 0. The molecule has 7 nitrogen and oxygen atoms in total. The van der Waals surface area contributed by atoms with Crippen LogP contribution < -0.4 is 10.2 Å². The van der Waals surface area contributed by atoms with Crippen LogP contribution in [0.5, 0.6) is 0 Å². The molecule has 5 rings (SSSR count). The van der Waals surface area contributed by atoms with Crippen LogP contribution in [0.25, 0.3) is 11.0 Å². The lowest BCUT2D eigenvalue weighted by atomic mass is 9.80. The van der Waals surface area contributed by atoms with E-state index in [0.717, 1.165) is 62.0 Å². The lowest BCUT2D eigenvalue weighted by molar-refractivity contribution is -0.129. The van der Waals surface area contributed by atoms with Gasteiger partial charge >= 0.3 is 0 Å². The quantitative estimate of drug-likeness (QED) is 0.703. The van der Waals surface area contributed by atoms with E-state index < -0.39 is 6.10 Å². The Morgan fingerprint density at radius 3 is 2.83 bits per heavy atom. The lowest BCUT2D eigenvalue weighted by Crippen LogP contribution is -2.52. The van der Waals surface area contributed by atoms with Crippen molar-refractivity contribution in [2.24, 2.45) is 17.3 Å². The number of piperidine rings is 1. The Balaban J connectivity index is 1.24. The minimum Gasteiger partial charge on any atom is -0.391 e. The van der Waals surface area contributed by atoms with Gasteiger partial charge in [0.1, 0.15) is 17.8 Å². The first-order chi connectivity index (χ1) is 14.6. The number of carbonyl (C=O) groups excluding carboxylic acids is 1. The van der Waals surface area contributed by atoms with Crippen LogP contribution >= 0.6 is 0 Å². The number of fused-ring (bicyclic) bond motifs is 1. The molecule has 2 saturated carbocycles. The van der Waals surface area contributed by atoms with Crippen LogP contribution in [0.2, 0.25) is 0 Å². The number of nitrogens with one attached hydrogen (secondary N) is 2. The predicted octanol–water partition coefficient (Wildman–Crippen LogP) is 3.01. The fraction of sp³-hybridized carbons (Fsp3) is 0.696. The van der Waals surface area contributed by atoms with Crippen molar-refractivity contribution in [2.45, 2.75) is 70.4 Å². The number of aromatic nitrogens is 3. The molecule has 1 aliphatic heterocycles. The second-order valence-electron chi connectivity index (χ2n) is 9.75. The van der Waals surface area contributed by atoms with Crippen LogP contribution in [-0.2, 0) is 4.79 Å². The summed E-state index contributed by atoms with van der Waals surface area (Å²) in [5, 5.41) is 15.0. The van der Waals surface area contributed by atoms with Gasteiger partial charge in [-0.3, -0.25) is 4.79 Å². The van der Waals surface area contributed by atoms with Crippen molar-refractivity contribution in [1.29, 1.82) is 0 Å². The van der Waals surface area contributed by atoms with Crippen LogP contribution in [-0.4, -0.2) is 51.2 Å². The zero-order valence-electron chi connectivity index (χ0n) is 17.8. The van der Waals surface area contributed by atoms with Crippen LogP contribution in [0, 0.1) is 17.3 Å². The molecule has 3 heterocycles. The third kappa shape index (κ3) is 3.57. The molecule has 2 aromatic heterocycles. The molecule has 3 aliphatic rings. The van der Waals surface area contributed by atoms with E-state index in [0.29, 0.717) is 5.92 Å². The minimum absolute atomic E-state index is 0.0262. The first-order valence-corrected chi connectivity index (χ1v) is 11.6. The highest BCUT2D eigenvalue weighted by Gasteiger charge is 2.55. The lowest BCUT2D eigenvalue weighted by Gasteiger charge is -2.40. The standard InChI is InChI=1S/C23H33N5O2/c1-15(19(29)16-5-3-2-4-6-16)27-22(30)18-8-12-28(13-23(18)9-10-23)21-17-7-11-24-20(17)25-14-26-21/h7,11,14-16,18-19,29H,2-6,8-10,12-13H2,1H3,(H,27,30)(H,24,25,26)/t15-,18?,19+/m0/s1. The van der Waals surface area contributed by atoms with Gasteiger partial charge in [-0.1, -0.05) is 19.3 Å². The summed E-state index contributed by atoms with van der Waals surface area (Å²) in [4.78, 5) is 27.5. The van der Waals surface area contributed by atoms with Gasteiger partial charge in [-0.25, -0.2) is 9.97 Å². The zero-order chi connectivity index (χ0) is 20.7. The Morgan fingerprint density at radius 1 is 1.27 bits per heavy atom. The number of amides is 1. The van der Waals surface area contributed by atoms with E-state index in [1.165, 1.54) is 19.3 Å².